The lowest BCUT2D eigenvalue weighted by Gasteiger charge is -2.27. The first-order chi connectivity index (χ1) is 13.7. The van der Waals surface area contributed by atoms with E-state index >= 15 is 0 Å². The van der Waals surface area contributed by atoms with Crippen LogP contribution in [0, 0.1) is 0 Å². The first-order valence-electron chi connectivity index (χ1n) is 9.72. The maximum atomic E-state index is 5.86. The highest BCUT2D eigenvalue weighted by atomic mass is 16.5. The van der Waals surface area contributed by atoms with Crippen LogP contribution in [0.2, 0.25) is 0 Å². The van der Waals surface area contributed by atoms with E-state index in [4.69, 9.17) is 23.7 Å². The normalized spacial score (nSPS) is 15.5. The van der Waals surface area contributed by atoms with Crippen LogP contribution in [0.3, 0.4) is 0 Å². The van der Waals surface area contributed by atoms with Gasteiger partial charge in [0, 0.05) is 18.1 Å². The second kappa shape index (κ2) is 9.06. The second-order valence-electron chi connectivity index (χ2n) is 6.56. The Labute approximate surface area is 166 Å². The average Bonchev–Trinajstić information content (AvgIpc) is 2.73. The number of fused-ring (bicyclic) bond motifs is 1. The predicted octanol–water partition coefficient (Wildman–Crippen LogP) is 2.72. The van der Waals surface area contributed by atoms with Crippen molar-refractivity contribution < 1.29 is 29.0 Å². The summed E-state index contributed by atoms with van der Waals surface area (Å²) in [5.74, 6) is 3.71. The summed E-state index contributed by atoms with van der Waals surface area (Å²) in [4.78, 5) is 0. The zero-order chi connectivity index (χ0) is 20.1. The van der Waals surface area contributed by atoms with Crippen molar-refractivity contribution in [3.8, 4) is 28.7 Å². The van der Waals surface area contributed by atoms with Crippen molar-refractivity contribution in [3.63, 3.8) is 0 Å². The summed E-state index contributed by atoms with van der Waals surface area (Å²) in [6.07, 6.45) is 0.980. The van der Waals surface area contributed by atoms with Gasteiger partial charge in [-0.05, 0) is 37.6 Å². The molecule has 0 amide bonds. The molecule has 6 nitrogen and oxygen atoms in total. The Hall–Kier alpha value is -2.60. The van der Waals surface area contributed by atoms with Crippen molar-refractivity contribution in [1.29, 1.82) is 0 Å². The summed E-state index contributed by atoms with van der Waals surface area (Å²) in [5.41, 5.74) is 3.53. The summed E-state index contributed by atoms with van der Waals surface area (Å²) >= 11 is 0. The Morgan fingerprint density at radius 3 is 1.93 bits per heavy atom. The van der Waals surface area contributed by atoms with E-state index in [-0.39, 0.29) is 6.04 Å². The minimum absolute atomic E-state index is 0.0772. The molecule has 28 heavy (non-hydrogen) atoms. The zero-order valence-electron chi connectivity index (χ0n) is 17.3. The fourth-order valence-electron chi connectivity index (χ4n) is 3.78. The smallest absolute Gasteiger partial charge is 0.164 e. The summed E-state index contributed by atoms with van der Waals surface area (Å²) < 4.78 is 28.3. The molecule has 152 valence electrons. The van der Waals surface area contributed by atoms with Crippen LogP contribution in [-0.2, 0) is 6.42 Å². The van der Waals surface area contributed by atoms with Crippen molar-refractivity contribution >= 4 is 0 Å². The molecule has 0 aliphatic carbocycles. The van der Waals surface area contributed by atoms with Gasteiger partial charge in [-0.25, -0.2) is 0 Å². The second-order valence-corrected chi connectivity index (χ2v) is 6.56. The summed E-state index contributed by atoms with van der Waals surface area (Å²) in [6.45, 7) is 6.15. The van der Waals surface area contributed by atoms with Gasteiger partial charge in [0.25, 0.3) is 0 Å². The van der Waals surface area contributed by atoms with E-state index in [1.54, 1.807) is 21.3 Å². The number of benzene rings is 2. The molecule has 0 radical (unpaired) electrons. The maximum absolute atomic E-state index is 5.86. The Morgan fingerprint density at radius 1 is 0.750 bits per heavy atom. The molecule has 0 saturated carbocycles. The third kappa shape index (κ3) is 3.83. The van der Waals surface area contributed by atoms with E-state index < -0.39 is 0 Å². The molecule has 2 N–H and O–H groups in total. The van der Waals surface area contributed by atoms with Crippen LogP contribution < -0.4 is 29.0 Å². The first-order valence-corrected chi connectivity index (χ1v) is 9.72. The quantitative estimate of drug-likeness (QED) is 0.753. The molecule has 1 atom stereocenters. The standard InChI is InChI=1S/C22H29NO5/c1-6-27-20-10-14-8-9-23-22(15(14)11-21(20)28-7-2)16-12-18(25-4)19(26-5)13-17(16)24-3/h10-13,22-23H,6-9H2,1-5H3/p+1/t22-/m1/s1. The number of ether oxygens (including phenoxy) is 5. The zero-order valence-corrected chi connectivity index (χ0v) is 17.3. The summed E-state index contributed by atoms with van der Waals surface area (Å²) in [7, 11) is 4.95. The monoisotopic (exact) mass is 388 g/mol. The Morgan fingerprint density at radius 2 is 1.32 bits per heavy atom. The molecule has 1 aliphatic rings. The van der Waals surface area contributed by atoms with Crippen LogP contribution in [0.15, 0.2) is 24.3 Å². The predicted molar refractivity (Wildman–Crippen MR) is 107 cm³/mol. The Balaban J connectivity index is 2.12. The highest BCUT2D eigenvalue weighted by molar-refractivity contribution is 5.56. The summed E-state index contributed by atoms with van der Waals surface area (Å²) in [6, 6.07) is 8.20. The number of methoxy groups -OCH3 is 3. The molecule has 2 aromatic carbocycles. The number of nitrogens with two attached hydrogens (primary N) is 1. The van der Waals surface area contributed by atoms with Crippen molar-refractivity contribution in [2.75, 3.05) is 41.1 Å². The van der Waals surface area contributed by atoms with Gasteiger partial charge in [-0.3, -0.25) is 0 Å². The topological polar surface area (TPSA) is 62.8 Å². The van der Waals surface area contributed by atoms with Crippen LogP contribution in [0.1, 0.15) is 36.6 Å². The average molecular weight is 388 g/mol. The van der Waals surface area contributed by atoms with Crippen molar-refractivity contribution in [1.82, 2.24) is 0 Å². The molecule has 1 heterocycles. The van der Waals surface area contributed by atoms with Crippen LogP contribution in [0.4, 0.5) is 0 Å². The molecule has 0 saturated heterocycles. The molecular weight excluding hydrogens is 358 g/mol. The van der Waals surface area contributed by atoms with Crippen LogP contribution >= 0.6 is 0 Å². The maximum Gasteiger partial charge on any atom is 0.164 e. The lowest BCUT2D eigenvalue weighted by atomic mass is 9.88. The SMILES string of the molecule is CCOc1cc2c(cc1OCC)[C@H](c1cc(OC)c(OC)cc1OC)[NH2+]CC2. The van der Waals surface area contributed by atoms with Gasteiger partial charge in [-0.15, -0.1) is 0 Å². The fraction of sp³-hybridized carbons (Fsp3) is 0.455. The molecule has 0 fully saturated rings. The molecule has 2 aromatic rings. The molecule has 0 bridgehead atoms. The molecule has 1 aliphatic heterocycles. The summed E-state index contributed by atoms with van der Waals surface area (Å²) in [5, 5.41) is 2.32. The van der Waals surface area contributed by atoms with E-state index in [1.165, 1.54) is 11.1 Å². The van der Waals surface area contributed by atoms with E-state index in [2.05, 4.69) is 17.4 Å². The number of hydrogen-bond donors (Lipinski definition) is 1. The lowest BCUT2D eigenvalue weighted by molar-refractivity contribution is -0.690. The number of quaternary nitrogens is 1. The van der Waals surface area contributed by atoms with Gasteiger partial charge < -0.3 is 29.0 Å². The third-order valence-electron chi connectivity index (χ3n) is 5.03. The van der Waals surface area contributed by atoms with Crippen LogP contribution in [-0.4, -0.2) is 41.1 Å². The largest absolute Gasteiger partial charge is 0.496 e. The fourth-order valence-corrected chi connectivity index (χ4v) is 3.78. The van der Waals surface area contributed by atoms with Crippen LogP contribution in [0.5, 0.6) is 28.7 Å². The van der Waals surface area contributed by atoms with Crippen LogP contribution in [0.25, 0.3) is 0 Å². The van der Waals surface area contributed by atoms with Gasteiger partial charge in [-0.2, -0.15) is 0 Å². The van der Waals surface area contributed by atoms with E-state index in [0.29, 0.717) is 24.7 Å². The van der Waals surface area contributed by atoms with Crippen molar-refractivity contribution in [3.05, 3.63) is 41.0 Å². The third-order valence-corrected chi connectivity index (χ3v) is 5.03. The van der Waals surface area contributed by atoms with Gasteiger partial charge in [0.2, 0.25) is 0 Å². The minimum atomic E-state index is 0.0772. The molecular formula is C22H30NO5+. The van der Waals surface area contributed by atoms with Gasteiger partial charge in [-0.1, -0.05) is 0 Å². The molecule has 0 spiro atoms. The first kappa shape index (κ1) is 20.1. The van der Waals surface area contributed by atoms with E-state index in [9.17, 15) is 0 Å². The van der Waals surface area contributed by atoms with Gasteiger partial charge in [0.05, 0.1) is 46.7 Å². The highest BCUT2D eigenvalue weighted by Gasteiger charge is 2.31. The van der Waals surface area contributed by atoms with Gasteiger partial charge in [0.1, 0.15) is 11.8 Å². The van der Waals surface area contributed by atoms with Crippen molar-refractivity contribution in [2.24, 2.45) is 0 Å². The molecule has 6 heteroatoms. The van der Waals surface area contributed by atoms with Gasteiger partial charge in [0.15, 0.2) is 23.0 Å². The number of rotatable bonds is 8. The van der Waals surface area contributed by atoms with E-state index in [0.717, 1.165) is 35.8 Å². The molecule has 0 unspecified atom stereocenters. The van der Waals surface area contributed by atoms with Gasteiger partial charge >= 0.3 is 0 Å². The van der Waals surface area contributed by atoms with Crippen molar-refractivity contribution in [2.45, 2.75) is 26.3 Å². The minimum Gasteiger partial charge on any atom is -0.496 e. The molecule has 0 aromatic heterocycles. The van der Waals surface area contributed by atoms with E-state index in [1.807, 2.05) is 26.0 Å². The Bertz CT molecular complexity index is 821. The Kier molecular flexibility index (Phi) is 6.52. The molecule has 3 rings (SSSR count). The number of hydrogen-bond acceptors (Lipinski definition) is 5. The highest BCUT2D eigenvalue weighted by Crippen LogP contribution is 2.41. The lowest BCUT2D eigenvalue weighted by Crippen LogP contribution is -2.87.